The summed E-state index contributed by atoms with van der Waals surface area (Å²) in [6, 6.07) is 9.84. The second kappa shape index (κ2) is 5.22. The van der Waals surface area contributed by atoms with Crippen LogP contribution in [0.4, 0.5) is 5.69 Å². The average Bonchev–Trinajstić information content (AvgIpc) is 2.46. The van der Waals surface area contributed by atoms with E-state index in [1.807, 2.05) is 30.3 Å². The number of sulfone groups is 1. The molecule has 0 atom stereocenters. The molecule has 1 aliphatic heterocycles. The van der Waals surface area contributed by atoms with Crippen molar-refractivity contribution in [1.82, 2.24) is 4.98 Å². The van der Waals surface area contributed by atoms with Gasteiger partial charge in [-0.1, -0.05) is 18.2 Å². The highest BCUT2D eigenvalue weighted by Gasteiger charge is 2.23. The Morgan fingerprint density at radius 1 is 1.20 bits per heavy atom. The van der Waals surface area contributed by atoms with Gasteiger partial charge in [0.25, 0.3) is 0 Å². The second-order valence-corrected chi connectivity index (χ2v) is 7.49. The Morgan fingerprint density at radius 3 is 2.60 bits per heavy atom. The Hall–Kier alpha value is -1.33. The summed E-state index contributed by atoms with van der Waals surface area (Å²) in [6.07, 6.45) is 0. The van der Waals surface area contributed by atoms with Crippen molar-refractivity contribution in [3.8, 4) is 0 Å². The minimum atomic E-state index is -2.88. The number of fused-ring (bicyclic) bond motifs is 1. The van der Waals surface area contributed by atoms with Gasteiger partial charge in [-0.15, -0.1) is 11.6 Å². The minimum absolute atomic E-state index is 0.208. The number of benzene rings is 1. The van der Waals surface area contributed by atoms with Crippen molar-refractivity contribution in [3.05, 3.63) is 36.0 Å². The zero-order valence-electron chi connectivity index (χ0n) is 10.9. The molecule has 0 unspecified atom stereocenters. The summed E-state index contributed by atoms with van der Waals surface area (Å²) >= 11 is 5.91. The highest BCUT2D eigenvalue weighted by Crippen LogP contribution is 2.28. The third-order valence-electron chi connectivity index (χ3n) is 3.57. The molecule has 20 heavy (non-hydrogen) atoms. The van der Waals surface area contributed by atoms with E-state index in [0.29, 0.717) is 19.0 Å². The Morgan fingerprint density at radius 2 is 1.90 bits per heavy atom. The van der Waals surface area contributed by atoms with Gasteiger partial charge >= 0.3 is 0 Å². The van der Waals surface area contributed by atoms with Crippen LogP contribution in [0.15, 0.2) is 30.3 Å². The van der Waals surface area contributed by atoms with Crippen LogP contribution in [0.2, 0.25) is 0 Å². The summed E-state index contributed by atoms with van der Waals surface area (Å²) in [5.41, 5.74) is 2.74. The standard InChI is InChI=1S/C14H15ClN2O2S/c15-10-11-9-14(12-3-1-2-4-13(12)16-11)17-5-7-20(18,19)8-6-17/h1-4,9H,5-8,10H2. The SMILES string of the molecule is O=S1(=O)CCN(c2cc(CCl)nc3ccccc23)CC1. The van der Waals surface area contributed by atoms with Gasteiger partial charge in [0.1, 0.15) is 0 Å². The summed E-state index contributed by atoms with van der Waals surface area (Å²) in [7, 11) is -2.88. The van der Waals surface area contributed by atoms with E-state index in [1.54, 1.807) is 0 Å². The van der Waals surface area contributed by atoms with Crippen molar-refractivity contribution >= 4 is 38.0 Å². The lowest BCUT2D eigenvalue weighted by Gasteiger charge is -2.30. The van der Waals surface area contributed by atoms with Gasteiger partial charge in [-0.2, -0.15) is 0 Å². The van der Waals surface area contributed by atoms with Crippen LogP contribution in [0.25, 0.3) is 10.9 Å². The molecule has 106 valence electrons. The molecule has 0 amide bonds. The van der Waals surface area contributed by atoms with E-state index in [4.69, 9.17) is 11.6 Å². The van der Waals surface area contributed by atoms with Crippen LogP contribution >= 0.6 is 11.6 Å². The molecule has 4 nitrogen and oxygen atoms in total. The van der Waals surface area contributed by atoms with Gasteiger partial charge in [-0.05, 0) is 12.1 Å². The molecule has 0 aliphatic carbocycles. The summed E-state index contributed by atoms with van der Waals surface area (Å²) in [5, 5.41) is 1.04. The van der Waals surface area contributed by atoms with Gasteiger partial charge in [0.2, 0.25) is 0 Å². The summed E-state index contributed by atoms with van der Waals surface area (Å²) < 4.78 is 23.1. The van der Waals surface area contributed by atoms with E-state index < -0.39 is 9.84 Å². The highest BCUT2D eigenvalue weighted by molar-refractivity contribution is 7.91. The van der Waals surface area contributed by atoms with Crippen molar-refractivity contribution in [2.24, 2.45) is 0 Å². The van der Waals surface area contributed by atoms with Crippen LogP contribution < -0.4 is 4.90 Å². The number of pyridine rings is 1. The lowest BCUT2D eigenvalue weighted by Crippen LogP contribution is -2.40. The summed E-state index contributed by atoms with van der Waals surface area (Å²) in [6.45, 7) is 1.05. The second-order valence-electron chi connectivity index (χ2n) is 4.92. The molecule has 6 heteroatoms. The molecule has 1 aromatic carbocycles. The summed E-state index contributed by atoms with van der Waals surface area (Å²) in [4.78, 5) is 6.61. The Bertz CT molecular complexity index is 732. The number of hydrogen-bond acceptors (Lipinski definition) is 4. The molecule has 0 radical (unpaired) electrons. The smallest absolute Gasteiger partial charge is 0.153 e. The first-order chi connectivity index (χ1) is 9.59. The van der Waals surface area contributed by atoms with Gasteiger partial charge in [0, 0.05) is 24.2 Å². The maximum Gasteiger partial charge on any atom is 0.153 e. The third kappa shape index (κ3) is 2.60. The zero-order valence-corrected chi connectivity index (χ0v) is 12.5. The Balaban J connectivity index is 2.06. The number of nitrogens with zero attached hydrogens (tertiary/aromatic N) is 2. The maximum atomic E-state index is 11.6. The lowest BCUT2D eigenvalue weighted by atomic mass is 10.1. The zero-order chi connectivity index (χ0) is 14.2. The number of hydrogen-bond donors (Lipinski definition) is 0. The first kappa shape index (κ1) is 13.6. The van der Waals surface area contributed by atoms with Gasteiger partial charge < -0.3 is 4.90 Å². The lowest BCUT2D eigenvalue weighted by molar-refractivity contribution is 0.587. The van der Waals surface area contributed by atoms with Gasteiger partial charge in [-0.3, -0.25) is 4.98 Å². The van der Waals surface area contributed by atoms with Crippen molar-refractivity contribution in [3.63, 3.8) is 0 Å². The van der Waals surface area contributed by atoms with E-state index in [-0.39, 0.29) is 11.5 Å². The van der Waals surface area contributed by atoms with Gasteiger partial charge in [0.15, 0.2) is 9.84 Å². The fourth-order valence-corrected chi connectivity index (χ4v) is 3.83. The van der Waals surface area contributed by atoms with Gasteiger partial charge in [-0.25, -0.2) is 8.42 Å². The topological polar surface area (TPSA) is 50.3 Å². The number of alkyl halides is 1. The van der Waals surface area contributed by atoms with E-state index >= 15 is 0 Å². The van der Waals surface area contributed by atoms with Crippen LogP contribution in [-0.4, -0.2) is 38.0 Å². The fraction of sp³-hybridized carbons (Fsp3) is 0.357. The molecule has 0 spiro atoms. The van der Waals surface area contributed by atoms with E-state index in [1.165, 1.54) is 0 Å². The third-order valence-corrected chi connectivity index (χ3v) is 5.45. The predicted octanol–water partition coefficient (Wildman–Crippen LogP) is 2.21. The molecule has 2 aromatic rings. The number of aromatic nitrogens is 1. The molecular weight excluding hydrogens is 296 g/mol. The first-order valence-corrected chi connectivity index (χ1v) is 8.85. The van der Waals surface area contributed by atoms with E-state index in [2.05, 4.69) is 9.88 Å². The van der Waals surface area contributed by atoms with Crippen molar-refractivity contribution in [2.75, 3.05) is 29.5 Å². The largest absolute Gasteiger partial charge is 0.369 e. The normalized spacial score (nSPS) is 18.4. The number of para-hydroxylation sites is 1. The van der Waals surface area contributed by atoms with E-state index in [0.717, 1.165) is 22.3 Å². The maximum absolute atomic E-state index is 11.6. The molecule has 1 aliphatic rings. The van der Waals surface area contributed by atoms with E-state index in [9.17, 15) is 8.42 Å². The molecule has 1 aromatic heterocycles. The average molecular weight is 311 g/mol. The molecule has 0 N–H and O–H groups in total. The van der Waals surface area contributed by atoms with Crippen LogP contribution in [-0.2, 0) is 15.7 Å². The minimum Gasteiger partial charge on any atom is -0.369 e. The first-order valence-electron chi connectivity index (χ1n) is 6.49. The number of anilines is 1. The quantitative estimate of drug-likeness (QED) is 0.798. The molecule has 1 saturated heterocycles. The molecule has 3 rings (SSSR count). The van der Waals surface area contributed by atoms with Crippen molar-refractivity contribution in [1.29, 1.82) is 0 Å². The molecular formula is C14H15ClN2O2S. The fourth-order valence-electron chi connectivity index (χ4n) is 2.49. The number of halogens is 1. The molecule has 1 fully saturated rings. The van der Waals surface area contributed by atoms with Crippen LogP contribution in [0.5, 0.6) is 0 Å². The number of rotatable bonds is 2. The monoisotopic (exact) mass is 310 g/mol. The van der Waals surface area contributed by atoms with Crippen LogP contribution in [0, 0.1) is 0 Å². The van der Waals surface area contributed by atoms with Crippen LogP contribution in [0.1, 0.15) is 5.69 Å². The molecule has 2 heterocycles. The van der Waals surface area contributed by atoms with Crippen molar-refractivity contribution < 1.29 is 8.42 Å². The summed E-state index contributed by atoms with van der Waals surface area (Å²) in [5.74, 6) is 0.768. The Kier molecular flexibility index (Phi) is 3.56. The molecule has 0 saturated carbocycles. The Labute approximate surface area is 123 Å². The predicted molar refractivity (Wildman–Crippen MR) is 82.2 cm³/mol. The van der Waals surface area contributed by atoms with Crippen LogP contribution in [0.3, 0.4) is 0 Å². The molecule has 0 bridgehead atoms. The van der Waals surface area contributed by atoms with Gasteiger partial charge in [0.05, 0.1) is 28.6 Å². The highest BCUT2D eigenvalue weighted by atomic mass is 35.5. The van der Waals surface area contributed by atoms with Crippen molar-refractivity contribution in [2.45, 2.75) is 5.88 Å².